The van der Waals surface area contributed by atoms with E-state index in [1.165, 1.54) is 4.90 Å². The summed E-state index contributed by atoms with van der Waals surface area (Å²) in [6.45, 7) is 2.41. The van der Waals surface area contributed by atoms with Crippen LogP contribution < -0.4 is 5.32 Å². The second kappa shape index (κ2) is 9.62. The minimum Gasteiger partial charge on any atom is -0.408 e. The highest BCUT2D eigenvalue weighted by Crippen LogP contribution is 2.28. The van der Waals surface area contributed by atoms with Crippen molar-refractivity contribution in [2.45, 2.75) is 19.4 Å². The van der Waals surface area contributed by atoms with Gasteiger partial charge >= 0.3 is 6.01 Å². The SMILES string of the molecule is CN1CCC(O)C1=O.Cc1nnc(Nc2nccc(-c3csc(-c4ccccc4)n3)n2)o1. The molecule has 11 heteroatoms. The first-order valence-electron chi connectivity index (χ1n) is 9.84. The summed E-state index contributed by atoms with van der Waals surface area (Å²) in [6.07, 6.45) is 1.53. The van der Waals surface area contributed by atoms with E-state index in [1.807, 2.05) is 41.8 Å². The van der Waals surface area contributed by atoms with Crippen molar-refractivity contribution in [3.63, 3.8) is 0 Å². The number of hydrogen-bond donors (Lipinski definition) is 2. The van der Waals surface area contributed by atoms with Gasteiger partial charge in [0.05, 0.1) is 5.69 Å². The van der Waals surface area contributed by atoms with Crippen LogP contribution in [-0.2, 0) is 4.79 Å². The second-order valence-electron chi connectivity index (χ2n) is 6.98. The monoisotopic (exact) mass is 451 g/mol. The molecule has 1 saturated heterocycles. The van der Waals surface area contributed by atoms with Gasteiger partial charge in [-0.25, -0.2) is 15.0 Å². The van der Waals surface area contributed by atoms with Crippen LogP contribution in [0.5, 0.6) is 0 Å². The number of likely N-dealkylation sites (tertiary alicyclic amines) is 1. The molecule has 1 fully saturated rings. The zero-order valence-corrected chi connectivity index (χ0v) is 18.3. The molecule has 2 N–H and O–H groups in total. The maximum Gasteiger partial charge on any atom is 0.322 e. The van der Waals surface area contributed by atoms with Gasteiger partial charge in [0.25, 0.3) is 5.91 Å². The first kappa shape index (κ1) is 21.5. The summed E-state index contributed by atoms with van der Waals surface area (Å²) in [5.41, 5.74) is 2.61. The number of aliphatic hydroxyl groups excluding tert-OH is 1. The van der Waals surface area contributed by atoms with Crippen molar-refractivity contribution in [2.24, 2.45) is 0 Å². The Morgan fingerprint density at radius 2 is 1.97 bits per heavy atom. The number of hydrogen-bond acceptors (Lipinski definition) is 10. The predicted molar refractivity (Wildman–Crippen MR) is 119 cm³/mol. The number of aromatic nitrogens is 5. The molecular weight excluding hydrogens is 430 g/mol. The van der Waals surface area contributed by atoms with E-state index in [-0.39, 0.29) is 11.9 Å². The Hall–Kier alpha value is -3.70. The summed E-state index contributed by atoms with van der Waals surface area (Å²) in [5.74, 6) is 0.705. The van der Waals surface area contributed by atoms with Crippen molar-refractivity contribution in [1.29, 1.82) is 0 Å². The summed E-state index contributed by atoms with van der Waals surface area (Å²) < 4.78 is 5.27. The Labute approximate surface area is 188 Å². The van der Waals surface area contributed by atoms with Gasteiger partial charge in [-0.15, -0.1) is 16.4 Å². The van der Waals surface area contributed by atoms with Crippen LogP contribution in [0.3, 0.4) is 0 Å². The minimum absolute atomic E-state index is 0.148. The van der Waals surface area contributed by atoms with Crippen molar-refractivity contribution in [1.82, 2.24) is 30.0 Å². The average molecular weight is 452 g/mol. The molecule has 10 nitrogen and oxygen atoms in total. The van der Waals surface area contributed by atoms with Crippen molar-refractivity contribution in [3.8, 4) is 22.0 Å². The molecule has 0 spiro atoms. The van der Waals surface area contributed by atoms with Crippen LogP contribution >= 0.6 is 11.3 Å². The van der Waals surface area contributed by atoms with Crippen molar-refractivity contribution < 1.29 is 14.3 Å². The largest absolute Gasteiger partial charge is 0.408 e. The third-order valence-corrected chi connectivity index (χ3v) is 5.48. The summed E-state index contributed by atoms with van der Waals surface area (Å²) >= 11 is 1.58. The van der Waals surface area contributed by atoms with E-state index in [1.54, 1.807) is 31.5 Å². The highest BCUT2D eigenvalue weighted by molar-refractivity contribution is 7.13. The van der Waals surface area contributed by atoms with Crippen molar-refractivity contribution >= 4 is 29.2 Å². The van der Waals surface area contributed by atoms with Crippen LogP contribution in [0.4, 0.5) is 12.0 Å². The molecule has 0 aliphatic carbocycles. The number of anilines is 2. The molecule has 4 aromatic rings. The lowest BCUT2D eigenvalue weighted by Crippen LogP contribution is -2.24. The molecule has 32 heavy (non-hydrogen) atoms. The van der Waals surface area contributed by atoms with Crippen molar-refractivity contribution in [3.05, 3.63) is 53.9 Å². The summed E-state index contributed by atoms with van der Waals surface area (Å²) in [5, 5.41) is 22.2. The fourth-order valence-electron chi connectivity index (χ4n) is 2.91. The Kier molecular flexibility index (Phi) is 6.47. The lowest BCUT2D eigenvalue weighted by Gasteiger charge is -2.04. The molecular formula is C21H21N7O3S. The highest BCUT2D eigenvalue weighted by atomic mass is 32.1. The third-order valence-electron chi connectivity index (χ3n) is 4.59. The lowest BCUT2D eigenvalue weighted by atomic mass is 10.2. The molecule has 0 bridgehead atoms. The number of nitrogens with one attached hydrogen (secondary N) is 1. The van der Waals surface area contributed by atoms with E-state index < -0.39 is 6.10 Å². The lowest BCUT2D eigenvalue weighted by molar-refractivity contribution is -0.133. The topological polar surface area (TPSA) is 130 Å². The zero-order valence-electron chi connectivity index (χ0n) is 17.5. The number of likely N-dealkylation sites (N-methyl/N-ethyl adjacent to an activating group) is 1. The number of benzene rings is 1. The number of carbonyl (C=O) groups is 1. The van der Waals surface area contributed by atoms with Crippen LogP contribution in [0.25, 0.3) is 22.0 Å². The average Bonchev–Trinajstić information content (AvgIpc) is 3.53. The molecule has 164 valence electrons. The standard InChI is InChI=1S/C16H12N6OS.C5H9NO2/c1-10-21-22-16(23-10)20-15-17-8-7-12(19-15)13-9-24-14(18-13)11-5-3-2-4-6-11;1-6-3-2-4(7)5(6)8/h2-9H,1H3,(H,17,19,20,22);4,7H,2-3H2,1H3. The number of amides is 1. The van der Waals surface area contributed by atoms with Gasteiger partial charge in [0.1, 0.15) is 16.8 Å². The highest BCUT2D eigenvalue weighted by Gasteiger charge is 2.26. The number of aliphatic hydroxyl groups is 1. The maximum absolute atomic E-state index is 10.6. The number of aryl methyl sites for hydroxylation is 1. The van der Waals surface area contributed by atoms with E-state index in [4.69, 9.17) is 9.52 Å². The number of rotatable bonds is 4. The predicted octanol–water partition coefficient (Wildman–Crippen LogP) is 2.91. The van der Waals surface area contributed by atoms with Gasteiger partial charge < -0.3 is 14.4 Å². The Balaban J connectivity index is 0.000000260. The van der Waals surface area contributed by atoms with Crippen LogP contribution in [0.1, 0.15) is 12.3 Å². The summed E-state index contributed by atoms with van der Waals surface area (Å²) in [4.78, 5) is 25.4. The van der Waals surface area contributed by atoms with Crippen LogP contribution in [-0.4, -0.2) is 60.8 Å². The van der Waals surface area contributed by atoms with E-state index in [9.17, 15) is 4.79 Å². The van der Waals surface area contributed by atoms with Gasteiger partial charge in [-0.1, -0.05) is 35.4 Å². The first-order chi connectivity index (χ1) is 15.5. The van der Waals surface area contributed by atoms with E-state index in [0.717, 1.165) is 22.0 Å². The Bertz CT molecular complexity index is 1180. The first-order valence-corrected chi connectivity index (χ1v) is 10.7. The fourth-order valence-corrected chi connectivity index (χ4v) is 3.73. The summed E-state index contributed by atoms with van der Waals surface area (Å²) in [6, 6.07) is 12.1. The molecule has 3 aromatic heterocycles. The quantitative estimate of drug-likeness (QED) is 0.481. The van der Waals surface area contributed by atoms with Crippen LogP contribution in [0.15, 0.2) is 52.4 Å². The molecule has 1 aromatic carbocycles. The molecule has 1 aliphatic heterocycles. The second-order valence-corrected chi connectivity index (χ2v) is 7.84. The number of nitrogens with zero attached hydrogens (tertiary/aromatic N) is 6. The van der Waals surface area contributed by atoms with Gasteiger partial charge in [0.2, 0.25) is 11.8 Å². The van der Waals surface area contributed by atoms with Gasteiger partial charge in [-0.2, -0.15) is 0 Å². The van der Waals surface area contributed by atoms with Gasteiger partial charge in [-0.05, 0) is 12.5 Å². The molecule has 1 amide bonds. The Morgan fingerprint density at radius 1 is 1.16 bits per heavy atom. The normalized spacial score (nSPS) is 15.4. The van der Waals surface area contributed by atoms with E-state index in [2.05, 4.69) is 30.5 Å². The van der Waals surface area contributed by atoms with Gasteiger partial charge in [0.15, 0.2) is 0 Å². The molecule has 5 rings (SSSR count). The fraction of sp³-hybridized carbons (Fsp3) is 0.238. The van der Waals surface area contributed by atoms with Gasteiger partial charge in [0, 0.05) is 37.7 Å². The maximum atomic E-state index is 10.6. The van der Waals surface area contributed by atoms with Gasteiger partial charge in [-0.3, -0.25) is 10.1 Å². The smallest absolute Gasteiger partial charge is 0.322 e. The van der Waals surface area contributed by atoms with E-state index in [0.29, 0.717) is 24.8 Å². The molecule has 1 unspecified atom stereocenters. The minimum atomic E-state index is -0.722. The van der Waals surface area contributed by atoms with Crippen molar-refractivity contribution in [2.75, 3.05) is 18.9 Å². The molecule has 0 radical (unpaired) electrons. The molecule has 0 saturated carbocycles. The Morgan fingerprint density at radius 3 is 2.59 bits per heavy atom. The summed E-state index contributed by atoms with van der Waals surface area (Å²) in [7, 11) is 1.69. The van der Waals surface area contributed by atoms with Crippen LogP contribution in [0, 0.1) is 6.92 Å². The molecule has 4 heterocycles. The molecule has 1 aliphatic rings. The van der Waals surface area contributed by atoms with E-state index >= 15 is 0 Å². The van der Waals surface area contributed by atoms with Crippen LogP contribution in [0.2, 0.25) is 0 Å². The zero-order chi connectivity index (χ0) is 22.5. The third kappa shape index (κ3) is 5.13. The molecule has 1 atom stereocenters. The number of carbonyl (C=O) groups excluding carboxylic acids is 1. The number of thiazole rings is 1.